The van der Waals surface area contributed by atoms with Crippen molar-refractivity contribution in [3.8, 4) is 6.07 Å². The number of aromatic nitrogens is 3. The lowest BCUT2D eigenvalue weighted by atomic mass is 10.4. The zero-order valence-electron chi connectivity index (χ0n) is 11.0. The van der Waals surface area contributed by atoms with Gasteiger partial charge in [-0.3, -0.25) is 9.40 Å². The number of hydrogen-bond donors (Lipinski definition) is 1. The maximum atomic E-state index is 12.2. The molecule has 0 aliphatic rings. The van der Waals surface area contributed by atoms with Crippen LogP contribution in [0.2, 0.25) is 0 Å². The molecular formula is C12H13N5O2S. The van der Waals surface area contributed by atoms with Gasteiger partial charge in [-0.1, -0.05) is 0 Å². The Hall–Kier alpha value is -2.40. The van der Waals surface area contributed by atoms with E-state index in [9.17, 15) is 8.42 Å². The van der Waals surface area contributed by atoms with E-state index in [-0.39, 0.29) is 16.6 Å². The van der Waals surface area contributed by atoms with Crippen LogP contribution in [0.3, 0.4) is 0 Å². The Morgan fingerprint density at radius 3 is 2.80 bits per heavy atom. The average Bonchev–Trinajstić information content (AvgIpc) is 2.86. The van der Waals surface area contributed by atoms with Gasteiger partial charge in [-0.2, -0.15) is 10.4 Å². The summed E-state index contributed by atoms with van der Waals surface area (Å²) >= 11 is 0. The van der Waals surface area contributed by atoms with Crippen molar-refractivity contribution < 1.29 is 8.42 Å². The number of pyridine rings is 1. The maximum absolute atomic E-state index is 12.2. The van der Waals surface area contributed by atoms with E-state index in [0.29, 0.717) is 5.69 Å². The molecular weight excluding hydrogens is 278 g/mol. The molecule has 0 aliphatic heterocycles. The molecule has 0 spiro atoms. The van der Waals surface area contributed by atoms with Crippen LogP contribution in [0.25, 0.3) is 0 Å². The van der Waals surface area contributed by atoms with Gasteiger partial charge in [0.25, 0.3) is 10.0 Å². The van der Waals surface area contributed by atoms with Crippen LogP contribution in [-0.4, -0.2) is 23.2 Å². The molecule has 2 aromatic rings. The van der Waals surface area contributed by atoms with Gasteiger partial charge in [-0.15, -0.1) is 0 Å². The SMILES string of the molecule is CC(C)n1cc(NS(=O)(=O)c2cccnc2C#N)cn1. The molecule has 2 heterocycles. The van der Waals surface area contributed by atoms with Crippen LogP contribution in [0, 0.1) is 11.3 Å². The van der Waals surface area contributed by atoms with Crippen LogP contribution in [0.1, 0.15) is 25.6 Å². The van der Waals surface area contributed by atoms with Crippen LogP contribution in [0.15, 0.2) is 35.6 Å². The molecule has 20 heavy (non-hydrogen) atoms. The van der Waals surface area contributed by atoms with Crippen LogP contribution in [0.4, 0.5) is 5.69 Å². The summed E-state index contributed by atoms with van der Waals surface area (Å²) in [5.74, 6) is 0. The van der Waals surface area contributed by atoms with E-state index in [1.165, 1.54) is 24.5 Å². The minimum Gasteiger partial charge on any atom is -0.276 e. The zero-order chi connectivity index (χ0) is 14.8. The fraction of sp³-hybridized carbons (Fsp3) is 0.250. The molecule has 0 unspecified atom stereocenters. The Balaban J connectivity index is 2.34. The van der Waals surface area contributed by atoms with Gasteiger partial charge >= 0.3 is 0 Å². The summed E-state index contributed by atoms with van der Waals surface area (Å²) in [4.78, 5) is 3.58. The summed E-state index contributed by atoms with van der Waals surface area (Å²) in [6.45, 7) is 3.86. The van der Waals surface area contributed by atoms with Crippen LogP contribution >= 0.6 is 0 Å². The summed E-state index contributed by atoms with van der Waals surface area (Å²) in [6, 6.07) is 4.69. The number of nitriles is 1. The highest BCUT2D eigenvalue weighted by Crippen LogP contribution is 2.18. The lowest BCUT2D eigenvalue weighted by molar-refractivity contribution is 0.532. The van der Waals surface area contributed by atoms with E-state index >= 15 is 0 Å². The number of nitrogens with zero attached hydrogens (tertiary/aromatic N) is 4. The van der Waals surface area contributed by atoms with Gasteiger partial charge < -0.3 is 0 Å². The smallest absolute Gasteiger partial charge is 0.264 e. The molecule has 0 saturated heterocycles. The largest absolute Gasteiger partial charge is 0.276 e. The third-order valence-electron chi connectivity index (χ3n) is 2.55. The summed E-state index contributed by atoms with van der Waals surface area (Å²) in [5, 5.41) is 12.9. The van der Waals surface area contributed by atoms with Gasteiger partial charge in [0.05, 0.1) is 11.9 Å². The molecule has 7 nitrogen and oxygen atoms in total. The number of sulfonamides is 1. The zero-order valence-corrected chi connectivity index (χ0v) is 11.8. The second-order valence-electron chi connectivity index (χ2n) is 4.37. The molecule has 0 amide bonds. The molecule has 0 aliphatic carbocycles. The molecule has 8 heteroatoms. The van der Waals surface area contributed by atoms with E-state index in [2.05, 4.69) is 14.8 Å². The number of nitrogens with one attached hydrogen (secondary N) is 1. The van der Waals surface area contributed by atoms with E-state index in [4.69, 9.17) is 5.26 Å². The van der Waals surface area contributed by atoms with Crippen molar-refractivity contribution >= 4 is 15.7 Å². The minimum atomic E-state index is -3.86. The first-order valence-corrected chi connectivity index (χ1v) is 7.34. The number of hydrogen-bond acceptors (Lipinski definition) is 5. The van der Waals surface area contributed by atoms with E-state index < -0.39 is 10.0 Å². The highest BCUT2D eigenvalue weighted by molar-refractivity contribution is 7.92. The maximum Gasteiger partial charge on any atom is 0.264 e. The molecule has 1 N–H and O–H groups in total. The second kappa shape index (κ2) is 5.30. The Morgan fingerprint density at radius 2 is 2.20 bits per heavy atom. The third-order valence-corrected chi connectivity index (χ3v) is 3.96. The highest BCUT2D eigenvalue weighted by atomic mass is 32.2. The predicted molar refractivity (Wildman–Crippen MR) is 72.4 cm³/mol. The van der Waals surface area contributed by atoms with Crippen molar-refractivity contribution in [3.63, 3.8) is 0 Å². The molecule has 0 aromatic carbocycles. The van der Waals surface area contributed by atoms with Crippen molar-refractivity contribution in [3.05, 3.63) is 36.4 Å². The van der Waals surface area contributed by atoms with E-state index in [1.807, 2.05) is 13.8 Å². The Kier molecular flexibility index (Phi) is 3.72. The molecule has 0 atom stereocenters. The molecule has 104 valence electrons. The van der Waals surface area contributed by atoms with Crippen LogP contribution in [-0.2, 0) is 10.0 Å². The number of rotatable bonds is 4. The third kappa shape index (κ3) is 2.78. The van der Waals surface area contributed by atoms with Crippen molar-refractivity contribution in [2.75, 3.05) is 4.72 Å². The first-order chi connectivity index (χ1) is 9.44. The van der Waals surface area contributed by atoms with E-state index in [1.54, 1.807) is 16.9 Å². The quantitative estimate of drug-likeness (QED) is 0.920. The summed E-state index contributed by atoms with van der Waals surface area (Å²) in [5.41, 5.74) is 0.197. The summed E-state index contributed by atoms with van der Waals surface area (Å²) < 4.78 is 28.5. The Morgan fingerprint density at radius 1 is 1.45 bits per heavy atom. The predicted octanol–water partition coefficient (Wildman–Crippen LogP) is 1.53. The van der Waals surface area contributed by atoms with E-state index in [0.717, 1.165) is 0 Å². The first-order valence-electron chi connectivity index (χ1n) is 5.86. The number of anilines is 1. The van der Waals surface area contributed by atoms with Gasteiger partial charge in [-0.05, 0) is 26.0 Å². The molecule has 0 bridgehead atoms. The lowest BCUT2D eigenvalue weighted by Crippen LogP contribution is -2.14. The van der Waals surface area contributed by atoms with Crippen LogP contribution in [0.5, 0.6) is 0 Å². The van der Waals surface area contributed by atoms with Crippen molar-refractivity contribution in [1.82, 2.24) is 14.8 Å². The first kappa shape index (κ1) is 14.0. The normalized spacial score (nSPS) is 11.3. The van der Waals surface area contributed by atoms with Crippen molar-refractivity contribution in [1.29, 1.82) is 5.26 Å². The van der Waals surface area contributed by atoms with Crippen LogP contribution < -0.4 is 4.72 Å². The van der Waals surface area contributed by atoms with Crippen molar-refractivity contribution in [2.24, 2.45) is 0 Å². The van der Waals surface area contributed by atoms with Gasteiger partial charge in [0.2, 0.25) is 0 Å². The molecule has 0 radical (unpaired) electrons. The lowest BCUT2D eigenvalue weighted by Gasteiger charge is -2.07. The highest BCUT2D eigenvalue weighted by Gasteiger charge is 2.20. The topological polar surface area (TPSA) is 101 Å². The average molecular weight is 291 g/mol. The molecule has 0 fully saturated rings. The minimum absolute atomic E-state index is 0.126. The molecule has 2 aromatic heterocycles. The Bertz CT molecular complexity index is 758. The van der Waals surface area contributed by atoms with Gasteiger partial charge in [0.15, 0.2) is 5.69 Å². The Labute approximate surface area is 116 Å². The monoisotopic (exact) mass is 291 g/mol. The summed E-state index contributed by atoms with van der Waals surface area (Å²) in [6.07, 6.45) is 4.37. The molecule has 0 saturated carbocycles. The van der Waals surface area contributed by atoms with Gasteiger partial charge in [-0.25, -0.2) is 13.4 Å². The van der Waals surface area contributed by atoms with Crippen molar-refractivity contribution in [2.45, 2.75) is 24.8 Å². The fourth-order valence-corrected chi connectivity index (χ4v) is 2.71. The fourth-order valence-electron chi connectivity index (χ4n) is 1.57. The van der Waals surface area contributed by atoms with Gasteiger partial charge in [0, 0.05) is 18.4 Å². The molecule has 2 rings (SSSR count). The summed E-state index contributed by atoms with van der Waals surface area (Å²) in [7, 11) is -3.86. The standard InChI is InChI=1S/C12H13N5O2S/c1-9(2)17-8-10(7-15-17)16-20(18,19)12-4-3-5-14-11(12)6-13/h3-5,7-9,16H,1-2H3. The second-order valence-corrected chi connectivity index (χ2v) is 6.02. The van der Waals surface area contributed by atoms with Gasteiger partial charge in [0.1, 0.15) is 11.0 Å².